The Kier molecular flexibility index (Phi) is 8.15. The van der Waals surface area contributed by atoms with Gasteiger partial charge in [0, 0.05) is 28.7 Å². The molecule has 1 rings (SSSR count). The van der Waals surface area contributed by atoms with Crippen molar-refractivity contribution in [3.05, 3.63) is 48.6 Å². The van der Waals surface area contributed by atoms with Crippen LogP contribution in [0, 0.1) is 10.8 Å². The van der Waals surface area contributed by atoms with Gasteiger partial charge < -0.3 is 18.9 Å². The summed E-state index contributed by atoms with van der Waals surface area (Å²) in [7, 11) is 0. The second-order valence-corrected chi connectivity index (χ2v) is 10.1. The lowest BCUT2D eigenvalue weighted by Gasteiger charge is -2.61. The predicted octanol–water partition coefficient (Wildman–Crippen LogP) is 4.70. The van der Waals surface area contributed by atoms with Crippen molar-refractivity contribution in [2.75, 3.05) is 0 Å². The molecule has 0 amide bonds. The maximum absolute atomic E-state index is 12.9. The van der Waals surface area contributed by atoms with Gasteiger partial charge in [0.1, 0.15) is 0 Å². The zero-order valence-electron chi connectivity index (χ0n) is 21.5. The number of hydrogen-bond donors (Lipinski definition) is 0. The number of hydrogen-bond acceptors (Lipinski definition) is 8. The van der Waals surface area contributed by atoms with E-state index in [2.05, 4.69) is 26.3 Å². The lowest BCUT2D eigenvalue weighted by molar-refractivity contribution is -0.422. The van der Waals surface area contributed by atoms with E-state index in [-0.39, 0.29) is 28.7 Å². The van der Waals surface area contributed by atoms with Crippen molar-refractivity contribution >= 4 is 23.9 Å². The fraction of sp³-hybridized carbons (Fsp3) is 0.538. The average Bonchev–Trinajstić information content (AvgIpc) is 2.69. The quantitative estimate of drug-likeness (QED) is 0.282. The normalized spacial score (nSPS) is 19.1. The fourth-order valence-electron chi connectivity index (χ4n) is 3.47. The molecular formula is C26H36O8. The molecule has 8 heteroatoms. The molecule has 0 aromatic carbocycles. The first kappa shape index (κ1) is 28.9. The first-order valence-corrected chi connectivity index (χ1v) is 10.8. The Hall–Kier alpha value is -3.16. The summed E-state index contributed by atoms with van der Waals surface area (Å²) >= 11 is 0. The molecule has 8 nitrogen and oxygen atoms in total. The lowest BCUT2D eigenvalue weighted by Crippen LogP contribution is -2.75. The van der Waals surface area contributed by atoms with Crippen LogP contribution in [0.5, 0.6) is 0 Å². The van der Waals surface area contributed by atoms with Crippen LogP contribution < -0.4 is 0 Å². The molecular weight excluding hydrogens is 440 g/mol. The Morgan fingerprint density at radius 1 is 0.559 bits per heavy atom. The van der Waals surface area contributed by atoms with Gasteiger partial charge in [0.15, 0.2) is 0 Å². The van der Waals surface area contributed by atoms with E-state index in [9.17, 15) is 19.2 Å². The molecule has 0 heterocycles. The summed E-state index contributed by atoms with van der Waals surface area (Å²) in [5, 5.41) is 0. The highest BCUT2D eigenvalue weighted by Gasteiger charge is 2.77. The van der Waals surface area contributed by atoms with Gasteiger partial charge in [0.25, 0.3) is 0 Å². The van der Waals surface area contributed by atoms with E-state index >= 15 is 0 Å². The summed E-state index contributed by atoms with van der Waals surface area (Å²) in [6, 6.07) is 0. The van der Waals surface area contributed by atoms with Gasteiger partial charge in [-0.25, -0.2) is 19.2 Å². The van der Waals surface area contributed by atoms with Gasteiger partial charge >= 0.3 is 35.5 Å². The van der Waals surface area contributed by atoms with Gasteiger partial charge in [-0.05, 0) is 39.5 Å². The van der Waals surface area contributed by atoms with Crippen molar-refractivity contribution in [3.8, 4) is 0 Å². The molecule has 1 aliphatic carbocycles. The van der Waals surface area contributed by atoms with Crippen molar-refractivity contribution in [1.82, 2.24) is 0 Å². The minimum absolute atomic E-state index is 0.0141. The second-order valence-electron chi connectivity index (χ2n) is 10.1. The van der Waals surface area contributed by atoms with Crippen molar-refractivity contribution in [1.29, 1.82) is 0 Å². The van der Waals surface area contributed by atoms with E-state index in [1.54, 1.807) is 13.8 Å². The van der Waals surface area contributed by atoms with Gasteiger partial charge in [-0.2, -0.15) is 0 Å². The Morgan fingerprint density at radius 2 is 0.853 bits per heavy atom. The van der Waals surface area contributed by atoms with Gasteiger partial charge in [-0.3, -0.25) is 0 Å². The summed E-state index contributed by atoms with van der Waals surface area (Å²) in [6.45, 7) is 27.0. The molecule has 1 fully saturated rings. The van der Waals surface area contributed by atoms with Crippen LogP contribution in [0.25, 0.3) is 0 Å². The highest BCUT2D eigenvalue weighted by atomic mass is 16.8. The molecule has 1 aliphatic rings. The summed E-state index contributed by atoms with van der Waals surface area (Å²) < 4.78 is 23.2. The molecule has 0 unspecified atom stereocenters. The van der Waals surface area contributed by atoms with E-state index in [4.69, 9.17) is 18.9 Å². The smallest absolute Gasteiger partial charge is 0.340 e. The molecule has 0 aliphatic heterocycles. The molecule has 34 heavy (non-hydrogen) atoms. The van der Waals surface area contributed by atoms with Crippen molar-refractivity contribution in [2.45, 2.75) is 79.8 Å². The number of rotatable bonds is 8. The summed E-state index contributed by atoms with van der Waals surface area (Å²) in [6.07, 6.45) is 0.179. The predicted molar refractivity (Wildman–Crippen MR) is 126 cm³/mol. The Bertz CT molecular complexity index is 907. The second kappa shape index (κ2) is 9.60. The van der Waals surface area contributed by atoms with Gasteiger partial charge in [0.05, 0.1) is 5.41 Å². The molecule has 0 bridgehead atoms. The molecule has 0 saturated heterocycles. The van der Waals surface area contributed by atoms with E-state index in [1.165, 1.54) is 27.7 Å². The summed E-state index contributed by atoms with van der Waals surface area (Å²) in [4.78, 5) is 51.5. The van der Waals surface area contributed by atoms with E-state index in [0.29, 0.717) is 6.42 Å². The third-order valence-corrected chi connectivity index (χ3v) is 6.48. The fourth-order valence-corrected chi connectivity index (χ4v) is 3.47. The Morgan fingerprint density at radius 3 is 1.15 bits per heavy atom. The molecule has 1 saturated carbocycles. The number of carbonyl (C=O) groups is 4. The van der Waals surface area contributed by atoms with E-state index < -0.39 is 46.3 Å². The monoisotopic (exact) mass is 476 g/mol. The van der Waals surface area contributed by atoms with Crippen LogP contribution in [-0.4, -0.2) is 35.5 Å². The van der Waals surface area contributed by atoms with Crippen LogP contribution in [0.2, 0.25) is 0 Å². The SMILES string of the molecule is C=C(C)C(=O)OC1(OC(=O)C(=C)C)CCC(C)(C)C(C)(C)C1(OC(=O)C(=C)C)OC(=O)C(=C)C. The molecule has 0 aromatic rings. The van der Waals surface area contributed by atoms with Crippen LogP contribution in [0.1, 0.15) is 68.2 Å². The van der Waals surface area contributed by atoms with Crippen LogP contribution >= 0.6 is 0 Å². The molecule has 0 radical (unpaired) electrons. The number of carbonyl (C=O) groups excluding carboxylic acids is 4. The highest BCUT2D eigenvalue weighted by Crippen LogP contribution is 2.62. The van der Waals surface area contributed by atoms with Gasteiger partial charge in [-0.1, -0.05) is 54.0 Å². The molecule has 0 N–H and O–H groups in total. The third-order valence-electron chi connectivity index (χ3n) is 6.48. The first-order valence-electron chi connectivity index (χ1n) is 10.8. The van der Waals surface area contributed by atoms with Crippen LogP contribution in [-0.2, 0) is 38.1 Å². The van der Waals surface area contributed by atoms with Crippen LogP contribution in [0.4, 0.5) is 0 Å². The maximum Gasteiger partial charge on any atom is 0.340 e. The van der Waals surface area contributed by atoms with Gasteiger partial charge in [-0.15, -0.1) is 0 Å². The Balaban J connectivity index is 4.14. The molecule has 0 aromatic heterocycles. The molecule has 0 spiro atoms. The maximum atomic E-state index is 12.9. The zero-order chi connectivity index (χ0) is 26.9. The third kappa shape index (κ3) is 5.00. The largest absolute Gasteiger partial charge is 0.411 e. The van der Waals surface area contributed by atoms with Crippen LogP contribution in [0.3, 0.4) is 0 Å². The minimum Gasteiger partial charge on any atom is -0.411 e. The number of esters is 4. The highest BCUT2D eigenvalue weighted by molar-refractivity contribution is 5.91. The Labute approximate surface area is 201 Å². The van der Waals surface area contributed by atoms with E-state index in [0.717, 1.165) is 0 Å². The van der Waals surface area contributed by atoms with Crippen molar-refractivity contribution in [2.24, 2.45) is 10.8 Å². The minimum atomic E-state index is -2.43. The summed E-state index contributed by atoms with van der Waals surface area (Å²) in [5.74, 6) is -8.55. The van der Waals surface area contributed by atoms with Crippen LogP contribution in [0.15, 0.2) is 48.6 Å². The van der Waals surface area contributed by atoms with E-state index in [1.807, 2.05) is 13.8 Å². The lowest BCUT2D eigenvalue weighted by atomic mass is 9.54. The van der Waals surface area contributed by atoms with Gasteiger partial charge in [0.2, 0.25) is 0 Å². The first-order chi connectivity index (χ1) is 15.3. The molecule has 0 atom stereocenters. The van der Waals surface area contributed by atoms with Crippen molar-refractivity contribution in [3.63, 3.8) is 0 Å². The summed E-state index contributed by atoms with van der Waals surface area (Å²) in [5.41, 5.74) is -2.02. The standard InChI is InChI=1S/C26H36O8/c1-15(2)19(27)31-25(32-20(28)16(3)4)14-13-23(9,10)24(11,12)26(25,33-21(29)17(5)6)34-22(30)18(7)8/h1,3,5,7,13-14H2,2,4,6,8-12H3. The number of ether oxygens (including phenoxy) is 4. The molecule has 188 valence electrons. The zero-order valence-corrected chi connectivity index (χ0v) is 21.5. The average molecular weight is 477 g/mol. The van der Waals surface area contributed by atoms with Crippen molar-refractivity contribution < 1.29 is 38.1 Å². The topological polar surface area (TPSA) is 105 Å².